The lowest BCUT2D eigenvalue weighted by molar-refractivity contribution is 0.0614. The number of hydrogen-bond acceptors (Lipinski definition) is 6. The Bertz CT molecular complexity index is 687. The molecule has 0 atom stereocenters. The molecule has 6 nitrogen and oxygen atoms in total. The maximum Gasteiger partial charge on any atom is 0.232 e. The predicted octanol–water partition coefficient (Wildman–Crippen LogP) is 2.45. The molecule has 21 heavy (non-hydrogen) atoms. The van der Waals surface area contributed by atoms with Gasteiger partial charge in [0.25, 0.3) is 0 Å². The number of nitrogens with zero attached hydrogens (tertiary/aromatic N) is 2. The molecule has 0 saturated heterocycles. The summed E-state index contributed by atoms with van der Waals surface area (Å²) in [7, 11) is 0. The Balaban J connectivity index is 1.96. The van der Waals surface area contributed by atoms with Gasteiger partial charge in [-0.25, -0.2) is 9.97 Å². The Morgan fingerprint density at radius 2 is 2.14 bits per heavy atom. The summed E-state index contributed by atoms with van der Waals surface area (Å²) >= 11 is 0. The van der Waals surface area contributed by atoms with Crippen LogP contribution in [0.15, 0.2) is 10.7 Å². The van der Waals surface area contributed by atoms with Crippen molar-refractivity contribution >= 4 is 22.7 Å². The van der Waals surface area contributed by atoms with Crippen LogP contribution in [-0.4, -0.2) is 33.0 Å². The van der Waals surface area contributed by atoms with Gasteiger partial charge in [0.2, 0.25) is 5.71 Å². The number of aliphatic hydroxyl groups is 1. The first-order valence-corrected chi connectivity index (χ1v) is 7.21. The van der Waals surface area contributed by atoms with Crippen LogP contribution in [0.4, 0.5) is 5.82 Å². The van der Waals surface area contributed by atoms with Crippen molar-refractivity contribution in [2.24, 2.45) is 0 Å². The number of Topliss-reactive ketones (excluding diaryl/α,β-unsaturated/α-hetero) is 1. The predicted molar refractivity (Wildman–Crippen MR) is 78.5 cm³/mol. The van der Waals surface area contributed by atoms with Gasteiger partial charge in [-0.1, -0.05) is 12.8 Å². The molecule has 1 aliphatic rings. The van der Waals surface area contributed by atoms with Gasteiger partial charge in [-0.3, -0.25) is 4.79 Å². The van der Waals surface area contributed by atoms with Crippen molar-refractivity contribution in [1.29, 1.82) is 0 Å². The van der Waals surface area contributed by atoms with E-state index in [0.717, 1.165) is 25.7 Å². The van der Waals surface area contributed by atoms with Crippen molar-refractivity contribution in [3.05, 3.63) is 17.7 Å². The summed E-state index contributed by atoms with van der Waals surface area (Å²) in [5.41, 5.74) is 0.215. The fourth-order valence-corrected chi connectivity index (χ4v) is 3.06. The quantitative estimate of drug-likeness (QED) is 0.840. The number of hydrogen-bond donors (Lipinski definition) is 2. The summed E-state index contributed by atoms with van der Waals surface area (Å²) < 4.78 is 5.52. The van der Waals surface area contributed by atoms with E-state index in [4.69, 9.17) is 4.42 Å². The number of carbonyl (C=O) groups excluding carboxylic acids is 1. The highest BCUT2D eigenvalue weighted by molar-refractivity contribution is 6.09. The lowest BCUT2D eigenvalue weighted by Gasteiger charge is -2.22. The Hall–Kier alpha value is -1.95. The van der Waals surface area contributed by atoms with Crippen LogP contribution in [-0.2, 0) is 0 Å². The minimum Gasteiger partial charge on any atom is -0.442 e. The van der Waals surface area contributed by atoms with Gasteiger partial charge in [0.05, 0.1) is 16.6 Å². The van der Waals surface area contributed by atoms with Crippen LogP contribution in [0, 0.1) is 6.92 Å². The molecule has 2 N–H and O–H groups in total. The molecule has 1 aliphatic carbocycles. The summed E-state index contributed by atoms with van der Waals surface area (Å²) in [5, 5.41) is 14.2. The van der Waals surface area contributed by atoms with Gasteiger partial charge >= 0.3 is 0 Å². The van der Waals surface area contributed by atoms with Crippen molar-refractivity contribution < 1.29 is 14.3 Å². The Morgan fingerprint density at radius 1 is 1.43 bits per heavy atom. The molecule has 1 saturated carbocycles. The van der Waals surface area contributed by atoms with E-state index >= 15 is 0 Å². The number of ketones is 1. The van der Waals surface area contributed by atoms with Crippen molar-refractivity contribution in [3.63, 3.8) is 0 Å². The number of fused-ring (bicyclic) bond motifs is 1. The highest BCUT2D eigenvalue weighted by Crippen LogP contribution is 2.32. The van der Waals surface area contributed by atoms with Crippen LogP contribution < -0.4 is 5.32 Å². The smallest absolute Gasteiger partial charge is 0.232 e. The van der Waals surface area contributed by atoms with Gasteiger partial charge in [0.15, 0.2) is 5.78 Å². The fraction of sp³-hybridized carbons (Fsp3) is 0.533. The van der Waals surface area contributed by atoms with Crippen LogP contribution >= 0.6 is 0 Å². The van der Waals surface area contributed by atoms with E-state index in [-0.39, 0.29) is 5.78 Å². The summed E-state index contributed by atoms with van der Waals surface area (Å²) in [4.78, 5) is 20.1. The molecule has 6 heteroatoms. The monoisotopic (exact) mass is 289 g/mol. The van der Waals surface area contributed by atoms with Gasteiger partial charge in [0, 0.05) is 6.54 Å². The number of aryl methyl sites for hydroxylation is 1. The lowest BCUT2D eigenvalue weighted by atomic mass is 10.0. The molecular formula is C15H19N3O3. The Kier molecular flexibility index (Phi) is 3.41. The van der Waals surface area contributed by atoms with E-state index in [9.17, 15) is 9.90 Å². The fourth-order valence-electron chi connectivity index (χ4n) is 3.06. The second kappa shape index (κ2) is 5.11. The van der Waals surface area contributed by atoms with E-state index in [0.29, 0.717) is 34.8 Å². The zero-order valence-corrected chi connectivity index (χ0v) is 12.3. The molecule has 112 valence electrons. The van der Waals surface area contributed by atoms with E-state index in [1.54, 1.807) is 6.92 Å². The second-order valence-corrected chi connectivity index (χ2v) is 5.78. The van der Waals surface area contributed by atoms with Gasteiger partial charge in [-0.2, -0.15) is 0 Å². The van der Waals surface area contributed by atoms with Crippen LogP contribution in [0.2, 0.25) is 0 Å². The van der Waals surface area contributed by atoms with Crippen LogP contribution in [0.3, 0.4) is 0 Å². The molecule has 1 fully saturated rings. The van der Waals surface area contributed by atoms with Gasteiger partial charge in [-0.05, 0) is 26.7 Å². The van der Waals surface area contributed by atoms with Crippen LogP contribution in [0.1, 0.15) is 48.7 Å². The number of rotatable bonds is 4. The molecule has 2 heterocycles. The first kappa shape index (κ1) is 14.0. The zero-order chi connectivity index (χ0) is 15.0. The van der Waals surface area contributed by atoms with Crippen LogP contribution in [0.5, 0.6) is 0 Å². The van der Waals surface area contributed by atoms with E-state index in [1.165, 1.54) is 13.3 Å². The summed E-state index contributed by atoms with van der Waals surface area (Å²) in [5.74, 6) is 1.01. The van der Waals surface area contributed by atoms with Crippen molar-refractivity contribution in [1.82, 2.24) is 9.97 Å². The first-order chi connectivity index (χ1) is 10.0. The number of aromatic nitrogens is 2. The highest BCUT2D eigenvalue weighted by Gasteiger charge is 2.31. The third-order valence-corrected chi connectivity index (χ3v) is 4.14. The van der Waals surface area contributed by atoms with E-state index < -0.39 is 5.60 Å². The topological polar surface area (TPSA) is 88.2 Å². The zero-order valence-electron chi connectivity index (χ0n) is 12.3. The largest absolute Gasteiger partial charge is 0.442 e. The van der Waals surface area contributed by atoms with Gasteiger partial charge in [-0.15, -0.1) is 0 Å². The molecule has 3 rings (SSSR count). The standard InChI is InChI=1S/C15H19N3O3/c1-9(19)11-10(2)21-14-12(11)13(17-8-18-14)16-7-15(20)5-3-4-6-15/h8,20H,3-7H2,1-2H3,(H,16,17,18). The average Bonchev–Trinajstić information content (AvgIpc) is 2.99. The molecule has 2 aromatic rings. The van der Waals surface area contributed by atoms with Crippen molar-refractivity contribution in [2.45, 2.75) is 45.1 Å². The molecule has 0 unspecified atom stereocenters. The number of carbonyl (C=O) groups is 1. The molecule has 0 bridgehead atoms. The highest BCUT2D eigenvalue weighted by atomic mass is 16.3. The number of anilines is 1. The van der Waals surface area contributed by atoms with Crippen molar-refractivity contribution in [2.75, 3.05) is 11.9 Å². The molecule has 0 aliphatic heterocycles. The maximum atomic E-state index is 11.8. The molecule has 0 aromatic carbocycles. The maximum absolute atomic E-state index is 11.8. The summed E-state index contributed by atoms with van der Waals surface area (Å²) in [6.07, 6.45) is 5.06. The SMILES string of the molecule is CC(=O)c1c(C)oc2ncnc(NCC3(O)CCCC3)c12. The summed E-state index contributed by atoms with van der Waals surface area (Å²) in [6.45, 7) is 3.66. The van der Waals surface area contributed by atoms with E-state index in [2.05, 4.69) is 15.3 Å². The first-order valence-electron chi connectivity index (χ1n) is 7.21. The Labute approximate surface area is 122 Å². The molecule has 2 aromatic heterocycles. The third-order valence-electron chi connectivity index (χ3n) is 4.14. The molecule has 0 spiro atoms. The molecule has 0 amide bonds. The summed E-state index contributed by atoms with van der Waals surface area (Å²) in [6, 6.07) is 0. The normalized spacial score (nSPS) is 17.3. The average molecular weight is 289 g/mol. The second-order valence-electron chi connectivity index (χ2n) is 5.78. The molecular weight excluding hydrogens is 270 g/mol. The molecule has 0 radical (unpaired) electrons. The Morgan fingerprint density at radius 3 is 2.81 bits per heavy atom. The van der Waals surface area contributed by atoms with E-state index in [1.807, 2.05) is 0 Å². The number of furan rings is 1. The van der Waals surface area contributed by atoms with Gasteiger partial charge in [0.1, 0.15) is 17.9 Å². The van der Waals surface area contributed by atoms with Crippen molar-refractivity contribution in [3.8, 4) is 0 Å². The number of nitrogens with one attached hydrogen (secondary N) is 1. The lowest BCUT2D eigenvalue weighted by Crippen LogP contribution is -2.33. The third kappa shape index (κ3) is 2.51. The minimum absolute atomic E-state index is 0.0799. The van der Waals surface area contributed by atoms with Gasteiger partial charge < -0.3 is 14.8 Å². The minimum atomic E-state index is -0.688. The van der Waals surface area contributed by atoms with Crippen LogP contribution in [0.25, 0.3) is 11.1 Å².